The third-order valence-electron chi connectivity index (χ3n) is 3.82. The summed E-state index contributed by atoms with van der Waals surface area (Å²) in [6, 6.07) is 2.28. The molecular formula is C13H17N3. The molecule has 1 atom stereocenters. The number of aromatic amines is 1. The normalized spacial score (nSPS) is 20.8. The highest BCUT2D eigenvalue weighted by Crippen LogP contribution is 2.30. The molecule has 2 aromatic rings. The van der Waals surface area contributed by atoms with Gasteiger partial charge in [-0.25, -0.2) is 4.98 Å². The third-order valence-corrected chi connectivity index (χ3v) is 3.82. The van der Waals surface area contributed by atoms with Crippen molar-refractivity contribution in [2.75, 3.05) is 13.1 Å². The molecule has 0 radical (unpaired) electrons. The van der Waals surface area contributed by atoms with Gasteiger partial charge in [-0.1, -0.05) is 0 Å². The lowest BCUT2D eigenvalue weighted by molar-refractivity contribution is 0.757. The quantitative estimate of drug-likeness (QED) is 0.766. The van der Waals surface area contributed by atoms with Crippen molar-refractivity contribution < 1.29 is 0 Å². The molecule has 0 bridgehead atoms. The molecule has 3 nitrogen and oxygen atoms in total. The highest BCUT2D eigenvalue weighted by molar-refractivity contribution is 5.80. The van der Waals surface area contributed by atoms with Crippen LogP contribution >= 0.6 is 0 Å². The number of aromatic nitrogens is 2. The fraction of sp³-hybridized carbons (Fsp3) is 0.462. The summed E-state index contributed by atoms with van der Waals surface area (Å²) in [5.74, 6) is 0.673. The molecule has 3 heteroatoms. The smallest absolute Gasteiger partial charge is 0.0931 e. The number of hydrogen-bond donors (Lipinski definition) is 2. The Morgan fingerprint density at radius 2 is 2.19 bits per heavy atom. The van der Waals surface area contributed by atoms with E-state index >= 15 is 0 Å². The highest BCUT2D eigenvalue weighted by Gasteiger charge is 2.20. The summed E-state index contributed by atoms with van der Waals surface area (Å²) in [6.45, 7) is 6.64. The van der Waals surface area contributed by atoms with Crippen molar-refractivity contribution in [2.24, 2.45) is 0 Å². The summed E-state index contributed by atoms with van der Waals surface area (Å²) < 4.78 is 0. The first-order valence-electron chi connectivity index (χ1n) is 5.91. The summed E-state index contributed by atoms with van der Waals surface area (Å²) in [5, 5.41) is 3.43. The average Bonchev–Trinajstić information content (AvgIpc) is 2.92. The Labute approximate surface area is 95.3 Å². The molecule has 2 N–H and O–H groups in total. The van der Waals surface area contributed by atoms with Crippen LogP contribution in [-0.2, 0) is 0 Å². The van der Waals surface area contributed by atoms with Gasteiger partial charge in [0.2, 0.25) is 0 Å². The summed E-state index contributed by atoms with van der Waals surface area (Å²) >= 11 is 0. The second-order valence-corrected chi connectivity index (χ2v) is 4.70. The summed E-state index contributed by atoms with van der Waals surface area (Å²) in [7, 11) is 0. The van der Waals surface area contributed by atoms with Gasteiger partial charge in [0.15, 0.2) is 0 Å². The summed E-state index contributed by atoms with van der Waals surface area (Å²) in [4.78, 5) is 7.60. The highest BCUT2D eigenvalue weighted by atomic mass is 14.9. The van der Waals surface area contributed by atoms with Crippen molar-refractivity contribution in [2.45, 2.75) is 26.2 Å². The van der Waals surface area contributed by atoms with Crippen molar-refractivity contribution in [3.63, 3.8) is 0 Å². The van der Waals surface area contributed by atoms with Crippen LogP contribution in [0, 0.1) is 13.8 Å². The molecule has 1 aliphatic heterocycles. The first-order chi connectivity index (χ1) is 7.77. The number of hydrogen-bond acceptors (Lipinski definition) is 2. The number of nitrogens with zero attached hydrogens (tertiary/aromatic N) is 1. The van der Waals surface area contributed by atoms with Crippen molar-refractivity contribution in [3.05, 3.63) is 29.1 Å². The second kappa shape index (κ2) is 3.59. The fourth-order valence-corrected chi connectivity index (χ4v) is 2.72. The standard InChI is InChI=1S/C13H17N3/c1-8-9(2)13-12(15-7-16-13)5-11(8)10-3-4-14-6-10/h5,7,10,14H,3-4,6H2,1-2H3,(H,15,16). The summed E-state index contributed by atoms with van der Waals surface area (Å²) in [5.41, 5.74) is 6.51. The number of benzene rings is 1. The van der Waals surface area contributed by atoms with E-state index in [2.05, 4.69) is 35.2 Å². The molecule has 3 rings (SSSR count). The van der Waals surface area contributed by atoms with Crippen LogP contribution in [-0.4, -0.2) is 23.1 Å². The van der Waals surface area contributed by atoms with Crippen LogP contribution in [0.15, 0.2) is 12.4 Å². The van der Waals surface area contributed by atoms with Gasteiger partial charge < -0.3 is 10.3 Å². The Hall–Kier alpha value is -1.35. The second-order valence-electron chi connectivity index (χ2n) is 4.70. The molecular weight excluding hydrogens is 198 g/mol. The van der Waals surface area contributed by atoms with E-state index in [4.69, 9.17) is 0 Å². The molecule has 1 aromatic heterocycles. The van der Waals surface area contributed by atoms with Crippen molar-refractivity contribution in [3.8, 4) is 0 Å². The fourth-order valence-electron chi connectivity index (χ4n) is 2.72. The molecule has 0 aliphatic carbocycles. The largest absolute Gasteiger partial charge is 0.345 e. The number of rotatable bonds is 1. The van der Waals surface area contributed by atoms with E-state index in [1.807, 2.05) is 0 Å². The SMILES string of the molecule is Cc1c(C2CCNC2)cc2[nH]cnc2c1C. The van der Waals surface area contributed by atoms with Gasteiger partial charge in [0.25, 0.3) is 0 Å². The monoisotopic (exact) mass is 215 g/mol. The Morgan fingerprint density at radius 1 is 1.31 bits per heavy atom. The zero-order chi connectivity index (χ0) is 11.1. The maximum atomic E-state index is 4.38. The Bertz CT molecular complexity index is 521. The Morgan fingerprint density at radius 3 is 2.94 bits per heavy atom. The molecule has 0 amide bonds. The summed E-state index contributed by atoms with van der Waals surface area (Å²) in [6.07, 6.45) is 3.04. The van der Waals surface area contributed by atoms with Crippen LogP contribution in [0.4, 0.5) is 0 Å². The Balaban J connectivity index is 2.19. The molecule has 1 aromatic carbocycles. The molecule has 0 spiro atoms. The predicted molar refractivity (Wildman–Crippen MR) is 65.8 cm³/mol. The molecule has 84 valence electrons. The number of nitrogens with one attached hydrogen (secondary N) is 2. The minimum atomic E-state index is 0.673. The first kappa shape index (κ1) is 9.85. The van der Waals surface area contributed by atoms with Crippen LogP contribution in [0.5, 0.6) is 0 Å². The van der Waals surface area contributed by atoms with Crippen molar-refractivity contribution >= 4 is 11.0 Å². The molecule has 1 unspecified atom stereocenters. The zero-order valence-electron chi connectivity index (χ0n) is 9.80. The molecule has 0 saturated carbocycles. The number of H-pyrrole nitrogens is 1. The van der Waals surface area contributed by atoms with Gasteiger partial charge in [-0.05, 0) is 55.5 Å². The van der Waals surface area contributed by atoms with Gasteiger partial charge in [0.05, 0.1) is 17.4 Å². The lowest BCUT2D eigenvalue weighted by Gasteiger charge is -2.14. The maximum absolute atomic E-state index is 4.38. The number of fused-ring (bicyclic) bond motifs is 1. The van der Waals surface area contributed by atoms with Crippen LogP contribution in [0.3, 0.4) is 0 Å². The maximum Gasteiger partial charge on any atom is 0.0931 e. The Kier molecular flexibility index (Phi) is 2.21. The van der Waals surface area contributed by atoms with E-state index in [9.17, 15) is 0 Å². The van der Waals surface area contributed by atoms with Crippen LogP contribution in [0.1, 0.15) is 29.0 Å². The lowest BCUT2D eigenvalue weighted by Crippen LogP contribution is -2.09. The molecule has 1 aliphatic rings. The first-order valence-corrected chi connectivity index (χ1v) is 5.91. The number of imidazole rings is 1. The average molecular weight is 215 g/mol. The van der Waals surface area contributed by atoms with Crippen molar-refractivity contribution in [1.29, 1.82) is 0 Å². The van der Waals surface area contributed by atoms with Crippen molar-refractivity contribution in [1.82, 2.24) is 15.3 Å². The minimum Gasteiger partial charge on any atom is -0.345 e. The van der Waals surface area contributed by atoms with Crippen LogP contribution in [0.2, 0.25) is 0 Å². The van der Waals surface area contributed by atoms with Gasteiger partial charge in [0, 0.05) is 6.54 Å². The van der Waals surface area contributed by atoms with Gasteiger partial charge in [-0.3, -0.25) is 0 Å². The van der Waals surface area contributed by atoms with E-state index in [-0.39, 0.29) is 0 Å². The van der Waals surface area contributed by atoms with Crippen LogP contribution < -0.4 is 5.32 Å². The topological polar surface area (TPSA) is 40.7 Å². The van der Waals surface area contributed by atoms with E-state index in [1.54, 1.807) is 6.33 Å². The van der Waals surface area contributed by atoms with E-state index in [0.717, 1.165) is 18.6 Å². The van der Waals surface area contributed by atoms with E-state index in [1.165, 1.54) is 28.6 Å². The number of aryl methyl sites for hydroxylation is 1. The van der Waals surface area contributed by atoms with Gasteiger partial charge >= 0.3 is 0 Å². The molecule has 1 saturated heterocycles. The van der Waals surface area contributed by atoms with E-state index < -0.39 is 0 Å². The molecule has 1 fully saturated rings. The predicted octanol–water partition coefficient (Wildman–Crippen LogP) is 2.26. The van der Waals surface area contributed by atoms with Gasteiger partial charge in [-0.15, -0.1) is 0 Å². The lowest BCUT2D eigenvalue weighted by atomic mass is 9.91. The molecule has 2 heterocycles. The van der Waals surface area contributed by atoms with E-state index in [0.29, 0.717) is 5.92 Å². The van der Waals surface area contributed by atoms with Gasteiger partial charge in [0.1, 0.15) is 0 Å². The molecule has 16 heavy (non-hydrogen) atoms. The zero-order valence-corrected chi connectivity index (χ0v) is 9.80. The third kappa shape index (κ3) is 1.35. The van der Waals surface area contributed by atoms with Crippen LogP contribution in [0.25, 0.3) is 11.0 Å². The minimum absolute atomic E-state index is 0.673. The van der Waals surface area contributed by atoms with Gasteiger partial charge in [-0.2, -0.15) is 0 Å².